The van der Waals surface area contributed by atoms with Crippen LogP contribution in [0.25, 0.3) is 11.3 Å². The zero-order chi connectivity index (χ0) is 13.0. The van der Waals surface area contributed by atoms with E-state index in [0.29, 0.717) is 5.69 Å². The molecule has 1 aromatic carbocycles. The standard InChI is InChI=1S/C14H13N3O/c1-10-3-4-12(14(7-10)18-2)13-9-16-11(5-6-15)8-17-13/h3-4,7-9H,5H2,1-2H3. The van der Waals surface area contributed by atoms with E-state index in [2.05, 4.69) is 9.97 Å². The third kappa shape index (κ3) is 2.46. The van der Waals surface area contributed by atoms with E-state index >= 15 is 0 Å². The maximum Gasteiger partial charge on any atom is 0.128 e. The number of benzene rings is 1. The number of methoxy groups -OCH3 is 1. The number of aryl methyl sites for hydroxylation is 1. The molecule has 0 fully saturated rings. The van der Waals surface area contributed by atoms with E-state index in [1.54, 1.807) is 19.5 Å². The monoisotopic (exact) mass is 239 g/mol. The summed E-state index contributed by atoms with van der Waals surface area (Å²) in [4.78, 5) is 8.51. The Balaban J connectivity index is 2.39. The summed E-state index contributed by atoms with van der Waals surface area (Å²) >= 11 is 0. The Hall–Kier alpha value is -2.41. The van der Waals surface area contributed by atoms with Gasteiger partial charge in [0.05, 0.1) is 43.4 Å². The lowest BCUT2D eigenvalue weighted by Gasteiger charge is -2.08. The van der Waals surface area contributed by atoms with Crippen LogP contribution in [0.1, 0.15) is 11.3 Å². The van der Waals surface area contributed by atoms with Crippen LogP contribution in [0.5, 0.6) is 5.75 Å². The van der Waals surface area contributed by atoms with E-state index in [-0.39, 0.29) is 6.42 Å². The van der Waals surface area contributed by atoms with Crippen molar-refractivity contribution in [2.45, 2.75) is 13.3 Å². The first-order chi connectivity index (χ1) is 8.74. The summed E-state index contributed by atoms with van der Waals surface area (Å²) in [7, 11) is 1.63. The van der Waals surface area contributed by atoms with E-state index in [1.165, 1.54) is 0 Å². The second kappa shape index (κ2) is 5.28. The van der Waals surface area contributed by atoms with Gasteiger partial charge in [0.2, 0.25) is 0 Å². The third-order valence-electron chi connectivity index (χ3n) is 2.60. The molecule has 0 saturated heterocycles. The topological polar surface area (TPSA) is 58.8 Å². The highest BCUT2D eigenvalue weighted by Gasteiger charge is 2.07. The van der Waals surface area contributed by atoms with E-state index in [0.717, 1.165) is 22.6 Å². The number of nitrogens with zero attached hydrogens (tertiary/aromatic N) is 3. The minimum atomic E-state index is 0.276. The van der Waals surface area contributed by atoms with Crippen molar-refractivity contribution in [2.24, 2.45) is 0 Å². The van der Waals surface area contributed by atoms with Gasteiger partial charge in [-0.15, -0.1) is 0 Å². The van der Waals surface area contributed by atoms with Crippen LogP contribution < -0.4 is 4.74 Å². The van der Waals surface area contributed by atoms with E-state index in [1.807, 2.05) is 31.2 Å². The summed E-state index contributed by atoms with van der Waals surface area (Å²) < 4.78 is 5.34. The third-order valence-corrected chi connectivity index (χ3v) is 2.60. The molecule has 1 aromatic heterocycles. The van der Waals surface area contributed by atoms with Gasteiger partial charge < -0.3 is 4.74 Å². The summed E-state index contributed by atoms with van der Waals surface area (Å²) in [6.07, 6.45) is 3.57. The van der Waals surface area contributed by atoms with Crippen LogP contribution in [-0.4, -0.2) is 17.1 Å². The molecule has 4 heteroatoms. The molecule has 18 heavy (non-hydrogen) atoms. The van der Waals surface area contributed by atoms with E-state index < -0.39 is 0 Å². The molecule has 2 aromatic rings. The molecule has 2 rings (SSSR count). The van der Waals surface area contributed by atoms with Gasteiger partial charge in [-0.05, 0) is 24.6 Å². The van der Waals surface area contributed by atoms with Crippen molar-refractivity contribution in [3.8, 4) is 23.1 Å². The summed E-state index contributed by atoms with van der Waals surface area (Å²) in [5.41, 5.74) is 3.45. The first-order valence-electron chi connectivity index (χ1n) is 5.57. The van der Waals surface area contributed by atoms with Gasteiger partial charge in [0.15, 0.2) is 0 Å². The zero-order valence-corrected chi connectivity index (χ0v) is 10.3. The van der Waals surface area contributed by atoms with E-state index in [4.69, 9.17) is 10.00 Å². The van der Waals surface area contributed by atoms with Crippen LogP contribution in [-0.2, 0) is 6.42 Å². The molecule has 0 bridgehead atoms. The van der Waals surface area contributed by atoms with Crippen molar-refractivity contribution >= 4 is 0 Å². The molecule has 4 nitrogen and oxygen atoms in total. The molecule has 0 spiro atoms. The Morgan fingerprint density at radius 2 is 2.11 bits per heavy atom. The summed E-state index contributed by atoms with van der Waals surface area (Å²) in [5, 5.41) is 8.58. The van der Waals surface area contributed by atoms with Crippen LogP contribution in [0.2, 0.25) is 0 Å². The van der Waals surface area contributed by atoms with Gasteiger partial charge in [-0.1, -0.05) is 6.07 Å². The van der Waals surface area contributed by atoms with Crippen LogP contribution in [0.4, 0.5) is 0 Å². The van der Waals surface area contributed by atoms with Crippen molar-refractivity contribution in [3.05, 3.63) is 41.9 Å². The first-order valence-corrected chi connectivity index (χ1v) is 5.57. The normalized spacial score (nSPS) is 9.83. The van der Waals surface area contributed by atoms with Crippen molar-refractivity contribution in [2.75, 3.05) is 7.11 Å². The maximum absolute atomic E-state index is 8.58. The molecular weight excluding hydrogens is 226 g/mol. The fourth-order valence-electron chi connectivity index (χ4n) is 1.68. The van der Waals surface area contributed by atoms with Crippen LogP contribution in [0.3, 0.4) is 0 Å². The van der Waals surface area contributed by atoms with Gasteiger partial charge in [0.1, 0.15) is 5.75 Å². The molecule has 0 N–H and O–H groups in total. The SMILES string of the molecule is COc1cc(C)ccc1-c1cnc(CC#N)cn1. The van der Waals surface area contributed by atoms with Crippen LogP contribution in [0.15, 0.2) is 30.6 Å². The highest BCUT2D eigenvalue weighted by atomic mass is 16.5. The number of ether oxygens (including phenoxy) is 1. The first kappa shape index (κ1) is 12.1. The fraction of sp³-hybridized carbons (Fsp3) is 0.214. The predicted molar refractivity (Wildman–Crippen MR) is 68.1 cm³/mol. The van der Waals surface area contributed by atoms with Gasteiger partial charge in [0.25, 0.3) is 0 Å². The highest BCUT2D eigenvalue weighted by molar-refractivity contribution is 5.67. The molecule has 0 radical (unpaired) electrons. The largest absolute Gasteiger partial charge is 0.496 e. The number of hydrogen-bond acceptors (Lipinski definition) is 4. The molecule has 0 aliphatic rings. The molecule has 0 unspecified atom stereocenters. The Labute approximate surface area is 106 Å². The Kier molecular flexibility index (Phi) is 3.54. The molecule has 0 saturated carbocycles. The molecule has 1 heterocycles. The lowest BCUT2D eigenvalue weighted by molar-refractivity contribution is 0.416. The second-order valence-electron chi connectivity index (χ2n) is 3.93. The van der Waals surface area contributed by atoms with Crippen LogP contribution >= 0.6 is 0 Å². The number of nitriles is 1. The molecule has 0 amide bonds. The number of hydrogen-bond donors (Lipinski definition) is 0. The quantitative estimate of drug-likeness (QED) is 0.825. The van der Waals surface area contributed by atoms with Gasteiger partial charge >= 0.3 is 0 Å². The Bertz CT molecular complexity index is 585. The second-order valence-corrected chi connectivity index (χ2v) is 3.93. The van der Waals surface area contributed by atoms with Crippen molar-refractivity contribution in [3.63, 3.8) is 0 Å². The van der Waals surface area contributed by atoms with Gasteiger partial charge in [-0.3, -0.25) is 9.97 Å². The summed E-state index contributed by atoms with van der Waals surface area (Å²) in [5.74, 6) is 0.775. The highest BCUT2D eigenvalue weighted by Crippen LogP contribution is 2.28. The van der Waals surface area contributed by atoms with Crippen LogP contribution in [0, 0.1) is 18.3 Å². The molecule has 0 aliphatic carbocycles. The van der Waals surface area contributed by atoms with Gasteiger partial charge in [-0.2, -0.15) is 5.26 Å². The smallest absolute Gasteiger partial charge is 0.128 e. The van der Waals surface area contributed by atoms with Gasteiger partial charge in [-0.25, -0.2) is 0 Å². The molecule has 90 valence electrons. The van der Waals surface area contributed by atoms with E-state index in [9.17, 15) is 0 Å². The average Bonchev–Trinajstić information content (AvgIpc) is 2.40. The maximum atomic E-state index is 8.58. The Morgan fingerprint density at radius 3 is 2.72 bits per heavy atom. The zero-order valence-electron chi connectivity index (χ0n) is 10.3. The van der Waals surface area contributed by atoms with Gasteiger partial charge in [0, 0.05) is 5.56 Å². The molecular formula is C14H13N3O. The lowest BCUT2D eigenvalue weighted by Crippen LogP contribution is -1.94. The number of aromatic nitrogens is 2. The molecule has 0 atom stereocenters. The predicted octanol–water partition coefficient (Wildman–Crippen LogP) is 2.53. The minimum Gasteiger partial charge on any atom is -0.496 e. The Morgan fingerprint density at radius 1 is 1.28 bits per heavy atom. The van der Waals surface area contributed by atoms with Crippen molar-refractivity contribution in [1.82, 2.24) is 9.97 Å². The van der Waals surface area contributed by atoms with Crippen molar-refractivity contribution in [1.29, 1.82) is 5.26 Å². The lowest BCUT2D eigenvalue weighted by atomic mass is 10.1. The molecule has 0 aliphatic heterocycles. The summed E-state index contributed by atoms with van der Waals surface area (Å²) in [6, 6.07) is 7.97. The fourth-order valence-corrected chi connectivity index (χ4v) is 1.68. The summed E-state index contributed by atoms with van der Waals surface area (Å²) in [6.45, 7) is 2.01. The minimum absolute atomic E-state index is 0.276. The number of rotatable bonds is 3. The van der Waals surface area contributed by atoms with Crippen molar-refractivity contribution < 1.29 is 4.74 Å². The average molecular weight is 239 g/mol.